The molecule has 0 unspecified atom stereocenters. The molecule has 0 aromatic heterocycles. The van der Waals surface area contributed by atoms with E-state index in [4.69, 9.17) is 9.47 Å². The van der Waals surface area contributed by atoms with Crippen molar-refractivity contribution in [2.45, 2.75) is 78.0 Å². The average molecular weight is 393 g/mol. The molecule has 1 atom stereocenters. The summed E-state index contributed by atoms with van der Waals surface area (Å²) in [4.78, 5) is 36.7. The fourth-order valence-corrected chi connectivity index (χ4v) is 2.33. The highest BCUT2D eigenvalue weighted by molar-refractivity contribution is 5.96. The second-order valence-electron chi connectivity index (χ2n) is 8.59. The first-order valence-electron chi connectivity index (χ1n) is 9.31. The summed E-state index contributed by atoms with van der Waals surface area (Å²) < 4.78 is 10.6. The molecular weight excluding hydrogens is 362 g/mol. The number of carbonyl (C=O) groups excluding carboxylic acids is 3. The largest absolute Gasteiger partial charge is 0.508 e. The second kappa shape index (κ2) is 9.57. The van der Waals surface area contributed by atoms with Crippen LogP contribution in [0.1, 0.15) is 71.2 Å². The Morgan fingerprint density at radius 1 is 0.964 bits per heavy atom. The summed E-state index contributed by atoms with van der Waals surface area (Å²) in [6, 6.07) is 5.06. The van der Waals surface area contributed by atoms with E-state index in [1.54, 1.807) is 53.7 Å². The Hall–Kier alpha value is -2.57. The highest BCUT2D eigenvalue weighted by atomic mass is 16.6. The first-order valence-corrected chi connectivity index (χ1v) is 9.31. The van der Waals surface area contributed by atoms with Crippen LogP contribution in [0, 0.1) is 0 Å². The number of rotatable bonds is 7. The quantitative estimate of drug-likeness (QED) is 0.537. The molecule has 7 heteroatoms. The first-order chi connectivity index (χ1) is 12.8. The normalized spacial score (nSPS) is 12.8. The number of amides is 1. The summed E-state index contributed by atoms with van der Waals surface area (Å²) in [6.07, 6.45) is 0.0884. The summed E-state index contributed by atoms with van der Waals surface area (Å²) in [6.45, 7) is 10.4. The van der Waals surface area contributed by atoms with Gasteiger partial charge in [-0.3, -0.25) is 4.79 Å². The lowest BCUT2D eigenvalue weighted by Gasteiger charge is -2.26. The van der Waals surface area contributed by atoms with Crippen molar-refractivity contribution >= 4 is 17.8 Å². The molecule has 2 N–H and O–H groups in total. The van der Waals surface area contributed by atoms with E-state index in [1.165, 1.54) is 12.1 Å². The summed E-state index contributed by atoms with van der Waals surface area (Å²) in [5, 5.41) is 11.8. The molecule has 0 aliphatic rings. The molecule has 0 spiro atoms. The summed E-state index contributed by atoms with van der Waals surface area (Å²) in [5.41, 5.74) is -0.920. The Morgan fingerprint density at radius 2 is 1.50 bits per heavy atom. The molecule has 1 aromatic carbocycles. The topological polar surface area (TPSA) is 102 Å². The lowest BCUT2D eigenvalue weighted by Crippen LogP contribution is -2.46. The number of esters is 1. The van der Waals surface area contributed by atoms with Crippen LogP contribution in [0.25, 0.3) is 0 Å². The molecule has 1 aromatic rings. The molecule has 0 radical (unpaired) electrons. The molecule has 0 saturated heterocycles. The van der Waals surface area contributed by atoms with E-state index in [0.717, 1.165) is 0 Å². The summed E-state index contributed by atoms with van der Waals surface area (Å²) >= 11 is 0. The Bertz CT molecular complexity index is 682. The van der Waals surface area contributed by atoms with E-state index >= 15 is 0 Å². The molecule has 0 saturated carbocycles. The van der Waals surface area contributed by atoms with E-state index in [1.807, 2.05) is 0 Å². The second-order valence-corrected chi connectivity index (χ2v) is 8.59. The molecule has 0 aliphatic heterocycles. The fraction of sp³-hybridized carbons (Fsp3) is 0.571. The number of Topliss-reactive ketones (excluding diaryl/α,β-unsaturated/α-hetero) is 1. The van der Waals surface area contributed by atoms with E-state index in [0.29, 0.717) is 12.0 Å². The number of nitrogens with one attached hydrogen (secondary N) is 1. The lowest BCUT2D eigenvalue weighted by molar-refractivity contribution is -0.157. The maximum atomic E-state index is 12.4. The molecule has 0 bridgehead atoms. The van der Waals surface area contributed by atoms with Gasteiger partial charge in [0.25, 0.3) is 0 Å². The van der Waals surface area contributed by atoms with Gasteiger partial charge in [0, 0.05) is 12.0 Å². The zero-order chi connectivity index (χ0) is 21.5. The van der Waals surface area contributed by atoms with Crippen LogP contribution in [0.5, 0.6) is 5.75 Å². The van der Waals surface area contributed by atoms with Crippen LogP contribution < -0.4 is 5.32 Å². The minimum Gasteiger partial charge on any atom is -0.508 e. The van der Waals surface area contributed by atoms with Crippen molar-refractivity contribution < 1.29 is 29.0 Å². The molecule has 1 rings (SSSR count). The SMILES string of the molecule is CC(C)(C)OC(=O)N[C@@H](CCCC(=O)c1ccc(O)cc1)C(=O)OC(C)(C)C. The fourth-order valence-electron chi connectivity index (χ4n) is 2.33. The van der Waals surface area contributed by atoms with Crippen LogP contribution in [-0.2, 0) is 14.3 Å². The van der Waals surface area contributed by atoms with Gasteiger partial charge in [0.2, 0.25) is 0 Å². The molecule has 0 aliphatic carbocycles. The zero-order valence-corrected chi connectivity index (χ0v) is 17.5. The number of alkyl carbamates (subject to hydrolysis) is 1. The third kappa shape index (κ3) is 9.39. The van der Waals surface area contributed by atoms with E-state index in [2.05, 4.69) is 5.32 Å². The molecule has 1 amide bonds. The van der Waals surface area contributed by atoms with Crippen molar-refractivity contribution in [3.8, 4) is 5.75 Å². The van der Waals surface area contributed by atoms with Gasteiger partial charge in [0.1, 0.15) is 23.0 Å². The van der Waals surface area contributed by atoms with Gasteiger partial charge in [-0.2, -0.15) is 0 Å². The number of ketones is 1. The van der Waals surface area contributed by atoms with Crippen LogP contribution >= 0.6 is 0 Å². The van der Waals surface area contributed by atoms with Gasteiger partial charge >= 0.3 is 12.1 Å². The van der Waals surface area contributed by atoms with E-state index in [9.17, 15) is 19.5 Å². The monoisotopic (exact) mass is 393 g/mol. The van der Waals surface area contributed by atoms with Crippen LogP contribution in [0.4, 0.5) is 4.79 Å². The van der Waals surface area contributed by atoms with Gasteiger partial charge < -0.3 is 19.9 Å². The number of ether oxygens (including phenoxy) is 2. The van der Waals surface area contributed by atoms with E-state index < -0.39 is 29.3 Å². The predicted molar refractivity (Wildman–Crippen MR) is 105 cm³/mol. The van der Waals surface area contributed by atoms with Crippen LogP contribution in [-0.4, -0.2) is 40.2 Å². The Kier molecular flexibility index (Phi) is 8.02. The van der Waals surface area contributed by atoms with E-state index in [-0.39, 0.29) is 24.4 Å². The molecular formula is C21H31NO6. The van der Waals surface area contributed by atoms with Crippen LogP contribution in [0.15, 0.2) is 24.3 Å². The van der Waals surface area contributed by atoms with Crippen LogP contribution in [0.3, 0.4) is 0 Å². The third-order valence-corrected chi connectivity index (χ3v) is 3.47. The van der Waals surface area contributed by atoms with Gasteiger partial charge in [-0.25, -0.2) is 9.59 Å². The number of phenolic OH excluding ortho intramolecular Hbond substituents is 1. The zero-order valence-electron chi connectivity index (χ0n) is 17.5. The number of hydrogen-bond acceptors (Lipinski definition) is 6. The van der Waals surface area contributed by atoms with Crippen LogP contribution in [0.2, 0.25) is 0 Å². The van der Waals surface area contributed by atoms with Crippen molar-refractivity contribution in [3.63, 3.8) is 0 Å². The number of phenols is 1. The number of aromatic hydroxyl groups is 1. The predicted octanol–water partition coefficient (Wildman–Crippen LogP) is 3.98. The van der Waals surface area contributed by atoms with Crippen molar-refractivity contribution in [2.75, 3.05) is 0 Å². The highest BCUT2D eigenvalue weighted by Crippen LogP contribution is 2.16. The van der Waals surface area contributed by atoms with Gasteiger partial charge in [0.05, 0.1) is 0 Å². The molecule has 156 valence electrons. The van der Waals surface area contributed by atoms with Gasteiger partial charge in [-0.05, 0) is 78.6 Å². The Balaban J connectivity index is 2.70. The van der Waals surface area contributed by atoms with Crippen molar-refractivity contribution in [1.82, 2.24) is 5.32 Å². The standard InChI is InChI=1S/C21H31NO6/c1-20(2,3)27-18(25)16(22-19(26)28-21(4,5)6)8-7-9-17(24)14-10-12-15(23)13-11-14/h10-13,16,23H,7-9H2,1-6H3,(H,22,26)/t16-/m0/s1. The van der Waals surface area contributed by atoms with Gasteiger partial charge in [0.15, 0.2) is 5.78 Å². The summed E-state index contributed by atoms with van der Waals surface area (Å²) in [5.74, 6) is -0.598. The van der Waals surface area contributed by atoms with Gasteiger partial charge in [-0.1, -0.05) is 0 Å². The maximum Gasteiger partial charge on any atom is 0.408 e. The number of hydrogen-bond donors (Lipinski definition) is 2. The minimum atomic E-state index is -0.915. The summed E-state index contributed by atoms with van der Waals surface area (Å²) in [7, 11) is 0. The molecule has 7 nitrogen and oxygen atoms in total. The molecule has 0 heterocycles. The first kappa shape index (κ1) is 23.5. The average Bonchev–Trinajstić information content (AvgIpc) is 2.51. The lowest BCUT2D eigenvalue weighted by atomic mass is 10.0. The van der Waals surface area contributed by atoms with Crippen molar-refractivity contribution in [2.24, 2.45) is 0 Å². The Morgan fingerprint density at radius 3 is 2.00 bits per heavy atom. The molecule has 0 fully saturated rings. The maximum absolute atomic E-state index is 12.4. The molecule has 28 heavy (non-hydrogen) atoms. The van der Waals surface area contributed by atoms with Crippen molar-refractivity contribution in [1.29, 1.82) is 0 Å². The number of benzene rings is 1. The third-order valence-electron chi connectivity index (χ3n) is 3.47. The highest BCUT2D eigenvalue weighted by Gasteiger charge is 2.28. The Labute approximate surface area is 166 Å². The van der Waals surface area contributed by atoms with Gasteiger partial charge in [-0.15, -0.1) is 0 Å². The smallest absolute Gasteiger partial charge is 0.408 e. The van der Waals surface area contributed by atoms with Crippen molar-refractivity contribution in [3.05, 3.63) is 29.8 Å². The minimum absolute atomic E-state index is 0.0862. The number of carbonyl (C=O) groups is 3.